The molecule has 3 unspecified atom stereocenters. The Labute approximate surface area is 154 Å². The molecule has 2 heterocycles. The molecule has 1 N–H and O–H groups in total. The van der Waals surface area contributed by atoms with Gasteiger partial charge in [0, 0.05) is 19.6 Å². The fraction of sp³-hybridized carbons (Fsp3) is 0.722. The molecule has 1 aliphatic heterocycles. The molecular weight excluding hydrogens is 340 g/mol. The van der Waals surface area contributed by atoms with Crippen LogP contribution in [0.4, 0.5) is 10.6 Å². The van der Waals surface area contributed by atoms with Crippen LogP contribution in [-0.2, 0) is 4.74 Å². The van der Waals surface area contributed by atoms with Gasteiger partial charge in [0.25, 0.3) is 0 Å². The van der Waals surface area contributed by atoms with Crippen molar-refractivity contribution in [3.63, 3.8) is 0 Å². The number of aromatic nitrogens is 2. The standard InChI is InChI=1S/C18H27ClN4O2/c1-18(2,3)25-17(24)23-10-13-5-4-12(14(13)11-23)8-9-20-16-7-6-15(19)21-22-16/h6-7,12-14H,4-5,8-11H2,1-3H3,(H,20,22). The minimum Gasteiger partial charge on any atom is -0.444 e. The first-order valence-corrected chi connectivity index (χ1v) is 9.40. The maximum absolute atomic E-state index is 12.3. The summed E-state index contributed by atoms with van der Waals surface area (Å²) in [5.41, 5.74) is -0.433. The lowest BCUT2D eigenvalue weighted by Gasteiger charge is -2.25. The zero-order valence-corrected chi connectivity index (χ0v) is 15.9. The Hall–Kier alpha value is -1.56. The summed E-state index contributed by atoms with van der Waals surface area (Å²) >= 11 is 5.75. The normalized spacial score (nSPS) is 25.8. The van der Waals surface area contributed by atoms with Crippen LogP contribution in [0.5, 0.6) is 0 Å². The molecule has 138 valence electrons. The first kappa shape index (κ1) is 18.2. The number of carbonyl (C=O) groups excluding carboxylic acids is 1. The van der Waals surface area contributed by atoms with Crippen molar-refractivity contribution in [3.8, 4) is 0 Å². The molecule has 3 rings (SSSR count). The van der Waals surface area contributed by atoms with Crippen molar-refractivity contribution in [2.45, 2.75) is 45.6 Å². The minimum atomic E-state index is -0.433. The zero-order valence-electron chi connectivity index (χ0n) is 15.2. The largest absolute Gasteiger partial charge is 0.444 e. The second-order valence-electron chi connectivity index (χ2n) is 8.10. The first-order valence-electron chi connectivity index (χ1n) is 9.03. The number of carbonyl (C=O) groups is 1. The first-order chi connectivity index (χ1) is 11.8. The molecule has 1 aromatic heterocycles. The quantitative estimate of drug-likeness (QED) is 0.877. The second-order valence-corrected chi connectivity index (χ2v) is 8.49. The number of ether oxygens (including phenoxy) is 1. The Morgan fingerprint density at radius 1 is 1.32 bits per heavy atom. The Morgan fingerprint density at radius 2 is 2.12 bits per heavy atom. The van der Waals surface area contributed by atoms with Gasteiger partial charge in [-0.25, -0.2) is 4.79 Å². The lowest BCUT2D eigenvalue weighted by atomic mass is 9.90. The molecular formula is C18H27ClN4O2. The SMILES string of the molecule is CC(C)(C)OC(=O)N1CC2CCC(CCNc3ccc(Cl)nn3)C2C1. The molecule has 2 aliphatic rings. The van der Waals surface area contributed by atoms with E-state index >= 15 is 0 Å². The number of nitrogens with zero attached hydrogens (tertiary/aromatic N) is 3. The van der Waals surface area contributed by atoms with E-state index in [4.69, 9.17) is 16.3 Å². The summed E-state index contributed by atoms with van der Waals surface area (Å²) in [6.07, 6.45) is 3.35. The molecule has 1 saturated heterocycles. The molecule has 2 fully saturated rings. The number of fused-ring (bicyclic) bond motifs is 1. The van der Waals surface area contributed by atoms with E-state index in [1.807, 2.05) is 31.7 Å². The van der Waals surface area contributed by atoms with E-state index < -0.39 is 5.60 Å². The molecule has 1 saturated carbocycles. The molecule has 3 atom stereocenters. The van der Waals surface area contributed by atoms with Crippen molar-refractivity contribution in [1.82, 2.24) is 15.1 Å². The van der Waals surface area contributed by atoms with E-state index in [2.05, 4.69) is 15.5 Å². The molecule has 25 heavy (non-hydrogen) atoms. The Kier molecular flexibility index (Phi) is 5.37. The molecule has 1 aromatic rings. The maximum atomic E-state index is 12.3. The van der Waals surface area contributed by atoms with Crippen molar-refractivity contribution in [2.24, 2.45) is 17.8 Å². The predicted octanol–water partition coefficient (Wildman–Crippen LogP) is 3.83. The Bertz CT molecular complexity index is 602. The van der Waals surface area contributed by atoms with E-state index in [0.29, 0.717) is 22.9 Å². The van der Waals surface area contributed by atoms with Gasteiger partial charge in [0.1, 0.15) is 11.4 Å². The predicted molar refractivity (Wildman–Crippen MR) is 97.7 cm³/mol. The van der Waals surface area contributed by atoms with E-state index in [1.165, 1.54) is 12.8 Å². The van der Waals surface area contributed by atoms with E-state index in [9.17, 15) is 4.79 Å². The summed E-state index contributed by atoms with van der Waals surface area (Å²) in [6, 6.07) is 3.57. The molecule has 0 aromatic carbocycles. The van der Waals surface area contributed by atoms with Gasteiger partial charge >= 0.3 is 6.09 Å². The molecule has 0 bridgehead atoms. The van der Waals surface area contributed by atoms with Crippen LogP contribution in [-0.4, -0.2) is 46.4 Å². The maximum Gasteiger partial charge on any atom is 0.410 e. The molecule has 1 amide bonds. The van der Waals surface area contributed by atoms with Crippen LogP contribution < -0.4 is 5.32 Å². The smallest absolute Gasteiger partial charge is 0.410 e. The van der Waals surface area contributed by atoms with Crippen LogP contribution in [0.2, 0.25) is 5.15 Å². The molecule has 0 spiro atoms. The van der Waals surface area contributed by atoms with Gasteiger partial charge in [-0.2, -0.15) is 0 Å². The van der Waals surface area contributed by atoms with Crippen molar-refractivity contribution >= 4 is 23.5 Å². The third kappa shape index (κ3) is 4.75. The summed E-state index contributed by atoms with van der Waals surface area (Å²) in [5.74, 6) is 2.60. The van der Waals surface area contributed by atoms with Gasteiger partial charge in [0.15, 0.2) is 5.15 Å². The van der Waals surface area contributed by atoms with Crippen LogP contribution in [0, 0.1) is 17.8 Å². The average Bonchev–Trinajstić information content (AvgIpc) is 3.09. The van der Waals surface area contributed by atoms with Crippen LogP contribution in [0.25, 0.3) is 0 Å². The Balaban J connectivity index is 1.47. The molecule has 6 nitrogen and oxygen atoms in total. The van der Waals surface area contributed by atoms with Crippen molar-refractivity contribution in [3.05, 3.63) is 17.3 Å². The number of amides is 1. The summed E-state index contributed by atoms with van der Waals surface area (Å²) in [6.45, 7) is 8.26. The highest BCUT2D eigenvalue weighted by molar-refractivity contribution is 6.29. The summed E-state index contributed by atoms with van der Waals surface area (Å²) in [4.78, 5) is 14.2. The minimum absolute atomic E-state index is 0.171. The van der Waals surface area contributed by atoms with Crippen molar-refractivity contribution in [2.75, 3.05) is 25.0 Å². The summed E-state index contributed by atoms with van der Waals surface area (Å²) < 4.78 is 5.52. The number of likely N-dealkylation sites (tertiary alicyclic amines) is 1. The fourth-order valence-corrected chi connectivity index (χ4v) is 4.11. The van der Waals surface area contributed by atoms with Gasteiger partial charge in [0.2, 0.25) is 0 Å². The van der Waals surface area contributed by atoms with E-state index in [0.717, 1.165) is 31.9 Å². The monoisotopic (exact) mass is 366 g/mol. The van der Waals surface area contributed by atoms with Gasteiger partial charge in [-0.05, 0) is 69.9 Å². The van der Waals surface area contributed by atoms with Gasteiger partial charge in [-0.15, -0.1) is 10.2 Å². The van der Waals surface area contributed by atoms with Crippen molar-refractivity contribution < 1.29 is 9.53 Å². The Morgan fingerprint density at radius 3 is 2.80 bits per heavy atom. The lowest BCUT2D eigenvalue weighted by Crippen LogP contribution is -2.36. The number of nitrogens with one attached hydrogen (secondary N) is 1. The van der Waals surface area contributed by atoms with Crippen LogP contribution in [0.1, 0.15) is 40.0 Å². The second kappa shape index (κ2) is 7.36. The highest BCUT2D eigenvalue weighted by Crippen LogP contribution is 2.44. The average molecular weight is 367 g/mol. The number of anilines is 1. The van der Waals surface area contributed by atoms with Crippen LogP contribution >= 0.6 is 11.6 Å². The highest BCUT2D eigenvalue weighted by atomic mass is 35.5. The topological polar surface area (TPSA) is 67.3 Å². The number of halogens is 1. The van der Waals surface area contributed by atoms with Crippen molar-refractivity contribution in [1.29, 1.82) is 0 Å². The molecule has 1 aliphatic carbocycles. The number of hydrogen-bond acceptors (Lipinski definition) is 5. The van der Waals surface area contributed by atoms with Gasteiger partial charge in [-0.1, -0.05) is 11.6 Å². The number of rotatable bonds is 4. The van der Waals surface area contributed by atoms with Crippen LogP contribution in [0.15, 0.2) is 12.1 Å². The van der Waals surface area contributed by atoms with E-state index in [1.54, 1.807) is 6.07 Å². The van der Waals surface area contributed by atoms with Gasteiger partial charge in [-0.3, -0.25) is 0 Å². The number of hydrogen-bond donors (Lipinski definition) is 1. The third-order valence-electron chi connectivity index (χ3n) is 5.11. The third-order valence-corrected chi connectivity index (χ3v) is 5.31. The summed E-state index contributed by atoms with van der Waals surface area (Å²) in [5, 5.41) is 11.6. The van der Waals surface area contributed by atoms with E-state index in [-0.39, 0.29) is 6.09 Å². The molecule has 0 radical (unpaired) electrons. The van der Waals surface area contributed by atoms with Crippen LogP contribution in [0.3, 0.4) is 0 Å². The highest BCUT2D eigenvalue weighted by Gasteiger charge is 2.44. The fourth-order valence-electron chi connectivity index (χ4n) is 4.01. The molecule has 7 heteroatoms. The zero-order chi connectivity index (χ0) is 18.0. The lowest BCUT2D eigenvalue weighted by molar-refractivity contribution is 0.0276. The van der Waals surface area contributed by atoms with Gasteiger partial charge in [0.05, 0.1) is 0 Å². The summed E-state index contributed by atoms with van der Waals surface area (Å²) in [7, 11) is 0. The van der Waals surface area contributed by atoms with Gasteiger partial charge < -0.3 is 15.0 Å².